The van der Waals surface area contributed by atoms with E-state index in [1.54, 1.807) is 31.2 Å². The van der Waals surface area contributed by atoms with Crippen molar-refractivity contribution in [3.05, 3.63) is 80.4 Å². The first kappa shape index (κ1) is 16.7. The van der Waals surface area contributed by atoms with E-state index in [-0.39, 0.29) is 11.8 Å². The first-order valence-electron chi connectivity index (χ1n) is 7.30. The van der Waals surface area contributed by atoms with E-state index < -0.39 is 6.04 Å². The number of halogens is 2. The molecule has 1 heterocycles. The van der Waals surface area contributed by atoms with Crippen molar-refractivity contribution in [2.75, 3.05) is 0 Å². The van der Waals surface area contributed by atoms with Crippen LogP contribution in [0, 0.1) is 0 Å². The van der Waals surface area contributed by atoms with Gasteiger partial charge in [-0.15, -0.1) is 0 Å². The number of ketones is 1. The third kappa shape index (κ3) is 3.23. The Morgan fingerprint density at radius 3 is 2.46 bits per heavy atom. The number of carbonyl (C=O) groups is 2. The Balaban J connectivity index is 2.09. The predicted octanol–water partition coefficient (Wildman–Crippen LogP) is 4.61. The number of nitrogens with one attached hydrogen (secondary N) is 2. The smallest absolute Gasteiger partial charge is 0.319 e. The maximum absolute atomic E-state index is 13.0. The number of carbonyl (C=O) groups excluding carboxylic acids is 2. The largest absolute Gasteiger partial charge is 0.327 e. The summed E-state index contributed by atoms with van der Waals surface area (Å²) in [6.07, 6.45) is 0. The molecule has 0 saturated heterocycles. The van der Waals surface area contributed by atoms with Crippen LogP contribution in [0.25, 0.3) is 0 Å². The van der Waals surface area contributed by atoms with Crippen LogP contribution in [0.15, 0.2) is 64.3 Å². The van der Waals surface area contributed by atoms with Crippen LogP contribution in [0.2, 0.25) is 5.02 Å². The van der Waals surface area contributed by atoms with Gasteiger partial charge in [0.2, 0.25) is 0 Å². The SMILES string of the molecule is CC1=C(C(=O)c2ccc(Cl)cc2)[C@H](c2ccccc2Br)NC(=O)N1. The van der Waals surface area contributed by atoms with Crippen molar-refractivity contribution >= 4 is 39.3 Å². The van der Waals surface area contributed by atoms with Gasteiger partial charge in [-0.1, -0.05) is 45.7 Å². The highest BCUT2D eigenvalue weighted by atomic mass is 79.9. The predicted molar refractivity (Wildman–Crippen MR) is 97.0 cm³/mol. The molecule has 24 heavy (non-hydrogen) atoms. The fraction of sp³-hybridized carbons (Fsp3) is 0.111. The van der Waals surface area contributed by atoms with Crippen LogP contribution < -0.4 is 10.6 Å². The highest BCUT2D eigenvalue weighted by molar-refractivity contribution is 9.10. The van der Waals surface area contributed by atoms with E-state index >= 15 is 0 Å². The summed E-state index contributed by atoms with van der Waals surface area (Å²) in [5.41, 5.74) is 2.39. The van der Waals surface area contributed by atoms with E-state index in [9.17, 15) is 9.59 Å². The topological polar surface area (TPSA) is 58.2 Å². The number of rotatable bonds is 3. The first-order valence-corrected chi connectivity index (χ1v) is 8.47. The molecule has 2 aromatic carbocycles. The average molecular weight is 406 g/mol. The monoisotopic (exact) mass is 404 g/mol. The maximum Gasteiger partial charge on any atom is 0.319 e. The molecule has 0 bridgehead atoms. The van der Waals surface area contributed by atoms with Crippen LogP contribution in [0.4, 0.5) is 4.79 Å². The number of Topliss-reactive ketones (excluding diaryl/α,β-unsaturated/α-hetero) is 1. The van der Waals surface area contributed by atoms with Crippen molar-refractivity contribution in [1.29, 1.82) is 0 Å². The Morgan fingerprint density at radius 1 is 1.12 bits per heavy atom. The molecule has 2 aromatic rings. The molecule has 1 aliphatic heterocycles. The second-order valence-corrected chi connectivity index (χ2v) is 6.72. The Hall–Kier alpha value is -2.11. The summed E-state index contributed by atoms with van der Waals surface area (Å²) in [5.74, 6) is -0.155. The molecule has 2 amide bonds. The van der Waals surface area contributed by atoms with Crippen molar-refractivity contribution < 1.29 is 9.59 Å². The van der Waals surface area contributed by atoms with Gasteiger partial charge in [0.25, 0.3) is 0 Å². The van der Waals surface area contributed by atoms with Crippen LogP contribution in [0.5, 0.6) is 0 Å². The summed E-state index contributed by atoms with van der Waals surface area (Å²) in [4.78, 5) is 24.9. The minimum absolute atomic E-state index is 0.155. The highest BCUT2D eigenvalue weighted by Crippen LogP contribution is 2.33. The van der Waals surface area contributed by atoms with Crippen LogP contribution in [-0.2, 0) is 0 Å². The lowest BCUT2D eigenvalue weighted by molar-refractivity contribution is 0.102. The van der Waals surface area contributed by atoms with Crippen molar-refractivity contribution in [3.8, 4) is 0 Å². The number of amides is 2. The molecule has 2 N–H and O–H groups in total. The summed E-state index contributed by atoms with van der Waals surface area (Å²) in [7, 11) is 0. The molecule has 1 aliphatic rings. The summed E-state index contributed by atoms with van der Waals surface area (Å²) < 4.78 is 0.825. The minimum atomic E-state index is -0.530. The molecule has 4 nitrogen and oxygen atoms in total. The number of urea groups is 1. The Bertz CT molecular complexity index is 846. The molecule has 0 unspecified atom stereocenters. The van der Waals surface area contributed by atoms with Gasteiger partial charge in [0.15, 0.2) is 5.78 Å². The zero-order chi connectivity index (χ0) is 17.3. The van der Waals surface area contributed by atoms with E-state index in [2.05, 4.69) is 26.6 Å². The van der Waals surface area contributed by atoms with Crippen LogP contribution in [0.1, 0.15) is 28.9 Å². The van der Waals surface area contributed by atoms with Gasteiger partial charge >= 0.3 is 6.03 Å². The zero-order valence-electron chi connectivity index (χ0n) is 12.8. The van der Waals surface area contributed by atoms with Crippen molar-refractivity contribution in [2.24, 2.45) is 0 Å². The van der Waals surface area contributed by atoms with Gasteiger partial charge < -0.3 is 10.6 Å². The summed E-state index contributed by atoms with van der Waals surface area (Å²) in [5, 5.41) is 6.07. The lowest BCUT2D eigenvalue weighted by atomic mass is 9.89. The van der Waals surface area contributed by atoms with Crippen molar-refractivity contribution in [1.82, 2.24) is 10.6 Å². The summed E-state index contributed by atoms with van der Waals surface area (Å²) in [6, 6.07) is 13.4. The average Bonchev–Trinajstić information content (AvgIpc) is 2.55. The normalized spacial score (nSPS) is 17.3. The fourth-order valence-electron chi connectivity index (χ4n) is 2.69. The molecule has 0 radical (unpaired) electrons. The van der Waals surface area contributed by atoms with Crippen molar-refractivity contribution in [2.45, 2.75) is 13.0 Å². The van der Waals surface area contributed by atoms with Crippen LogP contribution in [-0.4, -0.2) is 11.8 Å². The minimum Gasteiger partial charge on any atom is -0.327 e. The summed E-state index contributed by atoms with van der Waals surface area (Å²) >= 11 is 9.39. The third-order valence-corrected chi connectivity index (χ3v) is 4.81. The molecule has 3 rings (SSSR count). The second-order valence-electron chi connectivity index (χ2n) is 5.43. The molecule has 0 spiro atoms. The lowest BCUT2D eigenvalue weighted by Gasteiger charge is -2.29. The maximum atomic E-state index is 13.0. The third-order valence-electron chi connectivity index (χ3n) is 3.84. The fourth-order valence-corrected chi connectivity index (χ4v) is 3.33. The van der Waals surface area contributed by atoms with Gasteiger partial charge in [0, 0.05) is 26.3 Å². The summed E-state index contributed by atoms with van der Waals surface area (Å²) in [6.45, 7) is 1.73. The quantitative estimate of drug-likeness (QED) is 0.732. The van der Waals surface area contributed by atoms with Gasteiger partial charge in [-0.3, -0.25) is 4.79 Å². The van der Waals surface area contributed by atoms with E-state index in [0.29, 0.717) is 21.9 Å². The number of benzene rings is 2. The van der Waals surface area contributed by atoms with Gasteiger partial charge in [-0.2, -0.15) is 0 Å². The Labute approximate surface area is 153 Å². The van der Waals surface area contributed by atoms with E-state index in [1.165, 1.54) is 0 Å². The molecule has 1 atom stereocenters. The molecule has 0 aromatic heterocycles. The van der Waals surface area contributed by atoms with Gasteiger partial charge in [-0.25, -0.2) is 4.79 Å². The standard InChI is InChI=1S/C18H14BrClN2O2/c1-10-15(17(23)11-6-8-12(20)9-7-11)16(22-18(24)21-10)13-4-2-3-5-14(13)19/h2-9,16H,1H3,(H2,21,22,24)/t16-/m0/s1. The van der Waals surface area contributed by atoms with E-state index in [0.717, 1.165) is 10.0 Å². The highest BCUT2D eigenvalue weighted by Gasteiger charge is 2.32. The van der Waals surface area contributed by atoms with E-state index in [4.69, 9.17) is 11.6 Å². The molecule has 0 saturated carbocycles. The van der Waals surface area contributed by atoms with Gasteiger partial charge in [0.1, 0.15) is 0 Å². The first-order chi connectivity index (χ1) is 11.5. The molecule has 0 fully saturated rings. The van der Waals surface area contributed by atoms with E-state index in [1.807, 2.05) is 24.3 Å². The number of allylic oxidation sites excluding steroid dienone is 1. The number of hydrogen-bond donors (Lipinski definition) is 2. The van der Waals surface area contributed by atoms with Crippen LogP contribution >= 0.6 is 27.5 Å². The Kier molecular flexibility index (Phi) is 4.73. The van der Waals surface area contributed by atoms with Gasteiger partial charge in [-0.05, 0) is 42.8 Å². The molecule has 6 heteroatoms. The molecule has 0 aliphatic carbocycles. The van der Waals surface area contributed by atoms with Gasteiger partial charge in [0.05, 0.1) is 6.04 Å². The van der Waals surface area contributed by atoms with Crippen molar-refractivity contribution in [3.63, 3.8) is 0 Å². The lowest BCUT2D eigenvalue weighted by Crippen LogP contribution is -2.45. The Morgan fingerprint density at radius 2 is 1.79 bits per heavy atom. The number of hydrogen-bond acceptors (Lipinski definition) is 2. The molecular weight excluding hydrogens is 392 g/mol. The molecule has 122 valence electrons. The van der Waals surface area contributed by atoms with Crippen LogP contribution in [0.3, 0.4) is 0 Å². The zero-order valence-corrected chi connectivity index (χ0v) is 15.1. The second kappa shape index (κ2) is 6.79. The molecular formula is C18H14BrClN2O2.